The molecule has 3 rings (SSSR count). The molecule has 0 saturated carbocycles. The molecule has 10 heteroatoms. The quantitative estimate of drug-likeness (QED) is 0.191. The second-order valence-electron chi connectivity index (χ2n) is 6.35. The van der Waals surface area contributed by atoms with E-state index in [1.165, 1.54) is 61.9 Å². The molecule has 0 radical (unpaired) electrons. The number of phenols is 1. The molecule has 0 atom stereocenters. The summed E-state index contributed by atoms with van der Waals surface area (Å²) in [5, 5.41) is 24.4. The Kier molecular flexibility index (Phi) is 6.76. The normalized spacial score (nSPS) is 10.5. The molecule has 3 aromatic rings. The highest BCUT2D eigenvalue weighted by atomic mass is 16.6. The highest BCUT2D eigenvalue weighted by Crippen LogP contribution is 2.28. The number of hydrazone groups is 1. The van der Waals surface area contributed by atoms with Crippen LogP contribution in [-0.2, 0) is 0 Å². The lowest BCUT2D eigenvalue weighted by Gasteiger charge is -2.06. The molecular weight excluding hydrogens is 418 g/mol. The first-order chi connectivity index (χ1) is 15.4. The van der Waals surface area contributed by atoms with Gasteiger partial charge in [0.1, 0.15) is 11.5 Å². The van der Waals surface area contributed by atoms with Crippen molar-refractivity contribution in [2.75, 3.05) is 7.11 Å². The van der Waals surface area contributed by atoms with E-state index >= 15 is 0 Å². The Hall–Kier alpha value is -4.73. The summed E-state index contributed by atoms with van der Waals surface area (Å²) in [7, 11) is 1.49. The van der Waals surface area contributed by atoms with Crippen LogP contribution in [0.1, 0.15) is 26.3 Å². The van der Waals surface area contributed by atoms with E-state index in [1.54, 1.807) is 12.1 Å². The van der Waals surface area contributed by atoms with E-state index in [9.17, 15) is 24.8 Å². The summed E-state index contributed by atoms with van der Waals surface area (Å²) in [6.07, 6.45) is 1.21. The number of hydrogen-bond acceptors (Lipinski definition) is 8. The van der Waals surface area contributed by atoms with Crippen LogP contribution in [0.2, 0.25) is 0 Å². The van der Waals surface area contributed by atoms with E-state index < -0.39 is 22.5 Å². The maximum atomic E-state index is 12.3. The topological polar surface area (TPSA) is 140 Å². The fourth-order valence-electron chi connectivity index (χ4n) is 2.57. The van der Waals surface area contributed by atoms with Crippen molar-refractivity contribution in [2.45, 2.75) is 0 Å². The van der Waals surface area contributed by atoms with Crippen LogP contribution < -0.4 is 14.9 Å². The molecule has 3 aromatic carbocycles. The first-order valence-electron chi connectivity index (χ1n) is 9.14. The summed E-state index contributed by atoms with van der Waals surface area (Å²) in [6.45, 7) is 0. The van der Waals surface area contributed by atoms with Crippen molar-refractivity contribution >= 4 is 23.8 Å². The summed E-state index contributed by atoms with van der Waals surface area (Å²) in [5.41, 5.74) is 2.60. The molecular formula is C22H17N3O7. The van der Waals surface area contributed by atoms with E-state index in [1.807, 2.05) is 0 Å². The predicted molar refractivity (Wildman–Crippen MR) is 114 cm³/mol. The number of methoxy groups -OCH3 is 1. The zero-order valence-corrected chi connectivity index (χ0v) is 16.7. The fourth-order valence-corrected chi connectivity index (χ4v) is 2.57. The molecule has 0 aliphatic carbocycles. The van der Waals surface area contributed by atoms with Crippen molar-refractivity contribution in [3.05, 3.63) is 93.5 Å². The van der Waals surface area contributed by atoms with Gasteiger partial charge in [-0.1, -0.05) is 0 Å². The fraction of sp³-hybridized carbons (Fsp3) is 0.0455. The zero-order chi connectivity index (χ0) is 23.1. The molecule has 0 saturated heterocycles. The van der Waals surface area contributed by atoms with Gasteiger partial charge in [0.05, 0.1) is 23.8 Å². The minimum Gasteiger partial charge on any atom is -0.508 e. The van der Waals surface area contributed by atoms with Crippen LogP contribution in [0.3, 0.4) is 0 Å². The number of nitrogens with zero attached hydrogens (tertiary/aromatic N) is 2. The van der Waals surface area contributed by atoms with Gasteiger partial charge < -0.3 is 14.6 Å². The number of esters is 1. The van der Waals surface area contributed by atoms with Crippen LogP contribution in [0.25, 0.3) is 0 Å². The Morgan fingerprint density at radius 3 is 2.31 bits per heavy atom. The second kappa shape index (κ2) is 9.85. The number of rotatable bonds is 7. The number of hydrogen-bond donors (Lipinski definition) is 2. The van der Waals surface area contributed by atoms with Gasteiger partial charge in [-0.15, -0.1) is 0 Å². The smallest absolute Gasteiger partial charge is 0.343 e. The van der Waals surface area contributed by atoms with Crippen LogP contribution >= 0.6 is 0 Å². The third-order valence-corrected chi connectivity index (χ3v) is 4.22. The summed E-state index contributed by atoms with van der Waals surface area (Å²) in [4.78, 5) is 35.0. The van der Waals surface area contributed by atoms with Crippen LogP contribution in [0.5, 0.6) is 17.2 Å². The molecule has 0 fully saturated rings. The third-order valence-electron chi connectivity index (χ3n) is 4.22. The SMILES string of the molecule is COc1ccc(C(=O)Oc2ccc(C=NNC(=O)c3ccc(O)cc3)cc2[N+](=O)[O-])cc1. The van der Waals surface area contributed by atoms with Crippen molar-refractivity contribution in [1.82, 2.24) is 5.43 Å². The highest BCUT2D eigenvalue weighted by molar-refractivity contribution is 5.95. The lowest BCUT2D eigenvalue weighted by molar-refractivity contribution is -0.385. The number of benzene rings is 3. The third kappa shape index (κ3) is 5.45. The van der Waals surface area contributed by atoms with Gasteiger partial charge in [-0.05, 0) is 60.7 Å². The summed E-state index contributed by atoms with van der Waals surface area (Å²) in [6, 6.07) is 15.5. The van der Waals surface area contributed by atoms with E-state index in [2.05, 4.69) is 10.5 Å². The largest absolute Gasteiger partial charge is 0.508 e. The molecule has 0 bridgehead atoms. The molecule has 0 aromatic heterocycles. The number of carbonyl (C=O) groups is 2. The molecule has 2 N–H and O–H groups in total. The average molecular weight is 435 g/mol. The lowest BCUT2D eigenvalue weighted by atomic mass is 10.2. The van der Waals surface area contributed by atoms with Crippen molar-refractivity contribution in [2.24, 2.45) is 5.10 Å². The van der Waals surface area contributed by atoms with Crippen molar-refractivity contribution in [3.63, 3.8) is 0 Å². The molecule has 32 heavy (non-hydrogen) atoms. The molecule has 0 aliphatic rings. The Labute approximate surface area is 181 Å². The Morgan fingerprint density at radius 2 is 1.69 bits per heavy atom. The number of nitro groups is 1. The van der Waals surface area contributed by atoms with Gasteiger partial charge in [-0.3, -0.25) is 14.9 Å². The number of ether oxygens (including phenoxy) is 2. The number of phenolic OH excluding ortho intramolecular Hbond substituents is 1. The zero-order valence-electron chi connectivity index (χ0n) is 16.7. The van der Waals surface area contributed by atoms with E-state index in [-0.39, 0.29) is 22.6 Å². The Bertz CT molecular complexity index is 1170. The van der Waals surface area contributed by atoms with Gasteiger partial charge in [0.15, 0.2) is 0 Å². The standard InChI is InChI=1S/C22H17N3O7/c1-31-18-9-5-16(6-10-18)22(28)32-20-11-2-14(12-19(20)25(29)30)13-23-24-21(27)15-3-7-17(26)8-4-15/h2-13,26H,1H3,(H,24,27). The molecule has 162 valence electrons. The lowest BCUT2D eigenvalue weighted by Crippen LogP contribution is -2.17. The Balaban J connectivity index is 1.71. The van der Waals surface area contributed by atoms with Crippen molar-refractivity contribution in [3.8, 4) is 17.2 Å². The van der Waals surface area contributed by atoms with Crippen LogP contribution in [0.4, 0.5) is 5.69 Å². The van der Waals surface area contributed by atoms with Crippen molar-refractivity contribution < 1.29 is 29.1 Å². The van der Waals surface area contributed by atoms with Gasteiger partial charge in [-0.2, -0.15) is 5.10 Å². The molecule has 10 nitrogen and oxygen atoms in total. The summed E-state index contributed by atoms with van der Waals surface area (Å²) >= 11 is 0. The summed E-state index contributed by atoms with van der Waals surface area (Å²) in [5.74, 6) is -0.959. The van der Waals surface area contributed by atoms with Crippen LogP contribution in [0.15, 0.2) is 71.8 Å². The van der Waals surface area contributed by atoms with Gasteiger partial charge in [0.2, 0.25) is 5.75 Å². The predicted octanol–water partition coefficient (Wildman–Crippen LogP) is 3.29. The number of aromatic hydroxyl groups is 1. The number of carbonyl (C=O) groups excluding carboxylic acids is 2. The molecule has 1 amide bonds. The Morgan fingerprint density at radius 1 is 1.03 bits per heavy atom. The van der Waals surface area contributed by atoms with Gasteiger partial charge >= 0.3 is 11.7 Å². The van der Waals surface area contributed by atoms with E-state index in [0.29, 0.717) is 11.3 Å². The monoisotopic (exact) mass is 435 g/mol. The minimum atomic E-state index is -0.765. The molecule has 0 spiro atoms. The first-order valence-corrected chi connectivity index (χ1v) is 9.14. The van der Waals surface area contributed by atoms with Gasteiger partial charge in [0.25, 0.3) is 5.91 Å². The molecule has 0 aliphatic heterocycles. The van der Waals surface area contributed by atoms with E-state index in [0.717, 1.165) is 6.07 Å². The minimum absolute atomic E-state index is 0.0186. The highest BCUT2D eigenvalue weighted by Gasteiger charge is 2.19. The summed E-state index contributed by atoms with van der Waals surface area (Å²) < 4.78 is 10.2. The maximum absolute atomic E-state index is 12.3. The van der Waals surface area contributed by atoms with Gasteiger partial charge in [-0.25, -0.2) is 10.2 Å². The number of nitrogens with one attached hydrogen (secondary N) is 1. The van der Waals surface area contributed by atoms with Crippen molar-refractivity contribution in [1.29, 1.82) is 0 Å². The molecule has 0 unspecified atom stereocenters. The number of nitro benzene ring substituents is 1. The second-order valence-corrected chi connectivity index (χ2v) is 6.35. The number of amides is 1. The van der Waals surface area contributed by atoms with Gasteiger partial charge in [0, 0.05) is 17.2 Å². The average Bonchev–Trinajstić information content (AvgIpc) is 2.80. The molecule has 0 heterocycles. The maximum Gasteiger partial charge on any atom is 0.343 e. The van der Waals surface area contributed by atoms with Crippen LogP contribution in [-0.4, -0.2) is 35.2 Å². The van der Waals surface area contributed by atoms with Crippen LogP contribution in [0, 0.1) is 10.1 Å². The first kappa shape index (κ1) is 22.0. The van der Waals surface area contributed by atoms with E-state index in [4.69, 9.17) is 9.47 Å².